The van der Waals surface area contributed by atoms with E-state index in [-0.39, 0.29) is 11.7 Å². The Bertz CT molecular complexity index is 1550. The Morgan fingerprint density at radius 2 is 1.53 bits per heavy atom. The molecule has 1 heterocycles. The molecule has 0 aliphatic carbocycles. The van der Waals surface area contributed by atoms with Gasteiger partial charge in [-0.05, 0) is 53.4 Å². The molecule has 0 fully saturated rings. The van der Waals surface area contributed by atoms with Crippen molar-refractivity contribution >= 4 is 35.0 Å². The molecule has 0 aliphatic heterocycles. The van der Waals surface area contributed by atoms with Crippen molar-refractivity contribution in [3.8, 4) is 28.2 Å². The maximum absolute atomic E-state index is 13.1. The second kappa shape index (κ2) is 11.7. The largest absolute Gasteiger partial charge is 0.325 e. The molecule has 4 aromatic carbocycles. The summed E-state index contributed by atoms with van der Waals surface area (Å²) in [6.07, 6.45) is 0. The Hall–Kier alpha value is -3.87. The highest BCUT2D eigenvalue weighted by Gasteiger charge is 2.20. The molecule has 1 N–H and O–H groups in total. The van der Waals surface area contributed by atoms with Gasteiger partial charge >= 0.3 is 0 Å². The fraction of sp³-hybridized carbons (Fsp3) is 0.129. The molecule has 7 heteroatoms. The van der Waals surface area contributed by atoms with Gasteiger partial charge < -0.3 is 5.32 Å². The van der Waals surface area contributed by atoms with Crippen LogP contribution >= 0.6 is 23.4 Å². The zero-order valence-corrected chi connectivity index (χ0v) is 22.7. The van der Waals surface area contributed by atoms with Gasteiger partial charge in [0, 0.05) is 21.8 Å². The Labute approximate surface area is 231 Å². The Balaban J connectivity index is 1.44. The summed E-state index contributed by atoms with van der Waals surface area (Å²) < 4.78 is 2.04. The van der Waals surface area contributed by atoms with Gasteiger partial charge in [0.1, 0.15) is 0 Å². The van der Waals surface area contributed by atoms with E-state index in [4.69, 9.17) is 11.6 Å². The van der Waals surface area contributed by atoms with E-state index in [9.17, 15) is 4.79 Å². The molecule has 5 aromatic rings. The fourth-order valence-electron chi connectivity index (χ4n) is 4.32. The molecule has 0 saturated heterocycles. The average Bonchev–Trinajstić information content (AvgIpc) is 3.37. The van der Waals surface area contributed by atoms with Crippen LogP contribution in [-0.2, 0) is 4.79 Å². The number of aromatic nitrogens is 3. The number of hydrogen-bond acceptors (Lipinski definition) is 4. The maximum Gasteiger partial charge on any atom is 0.234 e. The molecule has 38 heavy (non-hydrogen) atoms. The van der Waals surface area contributed by atoms with Crippen LogP contribution in [0.2, 0.25) is 5.02 Å². The van der Waals surface area contributed by atoms with E-state index in [1.807, 2.05) is 95.6 Å². The number of nitrogens with zero attached hydrogens (tertiary/aromatic N) is 3. The Kier molecular flexibility index (Phi) is 7.91. The van der Waals surface area contributed by atoms with Gasteiger partial charge in [-0.15, -0.1) is 10.2 Å². The summed E-state index contributed by atoms with van der Waals surface area (Å²) in [5.74, 6) is 1.07. The van der Waals surface area contributed by atoms with Gasteiger partial charge in [-0.2, -0.15) is 0 Å². The molecule has 1 amide bonds. The number of carbonyl (C=O) groups excluding carboxylic acids is 1. The monoisotopic (exact) mass is 538 g/mol. The van der Waals surface area contributed by atoms with Crippen LogP contribution in [0.5, 0.6) is 0 Å². The van der Waals surface area contributed by atoms with E-state index in [1.165, 1.54) is 17.3 Å². The summed E-state index contributed by atoms with van der Waals surface area (Å²) in [6, 6.07) is 33.6. The molecule has 5 rings (SSSR count). The molecule has 190 valence electrons. The number of halogens is 1. The lowest BCUT2D eigenvalue weighted by molar-refractivity contribution is -0.113. The molecular formula is C31H27ClN4OS. The molecule has 0 radical (unpaired) electrons. The third kappa shape index (κ3) is 5.67. The van der Waals surface area contributed by atoms with Gasteiger partial charge in [-0.3, -0.25) is 9.36 Å². The quantitative estimate of drug-likeness (QED) is 0.203. The third-order valence-electron chi connectivity index (χ3n) is 6.15. The molecule has 0 saturated carbocycles. The topological polar surface area (TPSA) is 59.8 Å². The summed E-state index contributed by atoms with van der Waals surface area (Å²) in [5.41, 5.74) is 5.87. The highest BCUT2D eigenvalue weighted by Crippen LogP contribution is 2.33. The normalized spacial score (nSPS) is 11.1. The third-order valence-corrected chi connectivity index (χ3v) is 7.33. The van der Waals surface area contributed by atoms with Crippen LogP contribution in [0.1, 0.15) is 25.3 Å². The predicted octanol–water partition coefficient (Wildman–Crippen LogP) is 8.11. The lowest BCUT2D eigenvalue weighted by Crippen LogP contribution is -2.15. The van der Waals surface area contributed by atoms with E-state index < -0.39 is 0 Å². The molecule has 0 aliphatic rings. The van der Waals surface area contributed by atoms with Crippen molar-refractivity contribution in [3.05, 3.63) is 114 Å². The van der Waals surface area contributed by atoms with E-state index in [0.717, 1.165) is 28.1 Å². The molecule has 0 unspecified atom stereocenters. The van der Waals surface area contributed by atoms with E-state index in [1.54, 1.807) is 0 Å². The highest BCUT2D eigenvalue weighted by molar-refractivity contribution is 7.99. The van der Waals surface area contributed by atoms with Gasteiger partial charge in [0.05, 0.1) is 11.4 Å². The smallest absolute Gasteiger partial charge is 0.234 e. The van der Waals surface area contributed by atoms with Crippen molar-refractivity contribution in [3.63, 3.8) is 0 Å². The SMILES string of the molecule is CC(C)c1ccccc1-n1c(SCC(=O)Nc2ccccc2-c2ccccc2)nnc1-c1ccc(Cl)cc1. The number of hydrogen-bond donors (Lipinski definition) is 1. The van der Waals surface area contributed by atoms with Crippen molar-refractivity contribution in [2.45, 2.75) is 24.9 Å². The van der Waals surface area contributed by atoms with Crippen LogP contribution in [0.25, 0.3) is 28.2 Å². The van der Waals surface area contributed by atoms with Crippen molar-refractivity contribution in [2.75, 3.05) is 11.1 Å². The van der Waals surface area contributed by atoms with E-state index in [0.29, 0.717) is 21.9 Å². The van der Waals surface area contributed by atoms with Crippen molar-refractivity contribution in [1.29, 1.82) is 0 Å². The van der Waals surface area contributed by atoms with Crippen LogP contribution in [0, 0.1) is 0 Å². The predicted molar refractivity (Wildman–Crippen MR) is 157 cm³/mol. The van der Waals surface area contributed by atoms with Crippen LogP contribution in [-0.4, -0.2) is 26.4 Å². The Morgan fingerprint density at radius 3 is 2.29 bits per heavy atom. The van der Waals surface area contributed by atoms with Gasteiger partial charge in [0.15, 0.2) is 11.0 Å². The van der Waals surface area contributed by atoms with Gasteiger partial charge in [0.25, 0.3) is 0 Å². The molecule has 0 atom stereocenters. The number of para-hydroxylation sites is 2. The first-order valence-electron chi connectivity index (χ1n) is 12.4. The first kappa shape index (κ1) is 25.8. The highest BCUT2D eigenvalue weighted by atomic mass is 35.5. The van der Waals surface area contributed by atoms with E-state index >= 15 is 0 Å². The minimum Gasteiger partial charge on any atom is -0.325 e. The summed E-state index contributed by atoms with van der Waals surface area (Å²) in [6.45, 7) is 4.32. The summed E-state index contributed by atoms with van der Waals surface area (Å²) >= 11 is 7.50. The summed E-state index contributed by atoms with van der Waals surface area (Å²) in [5, 5.41) is 13.4. The summed E-state index contributed by atoms with van der Waals surface area (Å²) in [7, 11) is 0. The zero-order chi connectivity index (χ0) is 26.5. The molecule has 0 bridgehead atoms. The number of carbonyl (C=O) groups is 1. The Morgan fingerprint density at radius 1 is 0.842 bits per heavy atom. The zero-order valence-electron chi connectivity index (χ0n) is 21.1. The second-order valence-electron chi connectivity index (χ2n) is 9.11. The molecule has 5 nitrogen and oxygen atoms in total. The minimum absolute atomic E-state index is 0.113. The first-order valence-corrected chi connectivity index (χ1v) is 13.8. The van der Waals surface area contributed by atoms with Gasteiger partial charge in [0.2, 0.25) is 5.91 Å². The number of anilines is 1. The van der Waals surface area contributed by atoms with Crippen molar-refractivity contribution in [1.82, 2.24) is 14.8 Å². The number of rotatable bonds is 8. The van der Waals surface area contributed by atoms with Crippen LogP contribution in [0.15, 0.2) is 108 Å². The van der Waals surface area contributed by atoms with Crippen molar-refractivity contribution in [2.24, 2.45) is 0 Å². The number of benzene rings is 4. The number of amides is 1. The fourth-order valence-corrected chi connectivity index (χ4v) is 5.19. The molecular weight excluding hydrogens is 512 g/mol. The maximum atomic E-state index is 13.1. The molecule has 0 spiro atoms. The number of thioether (sulfide) groups is 1. The second-order valence-corrected chi connectivity index (χ2v) is 10.5. The minimum atomic E-state index is -0.113. The van der Waals surface area contributed by atoms with Crippen molar-refractivity contribution < 1.29 is 4.79 Å². The first-order chi connectivity index (χ1) is 18.5. The molecule has 1 aromatic heterocycles. The lowest BCUT2D eigenvalue weighted by Gasteiger charge is -2.17. The average molecular weight is 539 g/mol. The standard InChI is InChI=1S/C31H27ClN4OS/c1-21(2)25-12-7-9-15-28(25)36-30(23-16-18-24(32)19-17-23)34-35-31(36)38-20-29(37)33-27-14-8-6-13-26(27)22-10-4-3-5-11-22/h3-19,21H,20H2,1-2H3,(H,33,37). The number of nitrogens with one attached hydrogen (secondary N) is 1. The lowest BCUT2D eigenvalue weighted by atomic mass is 10.0. The van der Waals surface area contributed by atoms with Gasteiger partial charge in [-0.1, -0.05) is 104 Å². The van der Waals surface area contributed by atoms with Gasteiger partial charge in [-0.25, -0.2) is 0 Å². The van der Waals surface area contributed by atoms with Crippen LogP contribution in [0.4, 0.5) is 5.69 Å². The van der Waals surface area contributed by atoms with Crippen LogP contribution < -0.4 is 5.32 Å². The van der Waals surface area contributed by atoms with E-state index in [2.05, 4.69) is 41.5 Å². The summed E-state index contributed by atoms with van der Waals surface area (Å²) in [4.78, 5) is 13.1. The van der Waals surface area contributed by atoms with Crippen LogP contribution in [0.3, 0.4) is 0 Å².